The molecular formula is C21H23NO5. The van der Waals surface area contributed by atoms with Crippen molar-refractivity contribution in [1.29, 1.82) is 0 Å². The monoisotopic (exact) mass is 369 g/mol. The van der Waals surface area contributed by atoms with Crippen molar-refractivity contribution in [1.82, 2.24) is 0 Å². The van der Waals surface area contributed by atoms with Crippen molar-refractivity contribution in [3.8, 4) is 11.5 Å². The van der Waals surface area contributed by atoms with Gasteiger partial charge in [-0.25, -0.2) is 0 Å². The predicted octanol–water partition coefficient (Wildman–Crippen LogP) is 5.07. The Kier molecular flexibility index (Phi) is 7.55. The molecule has 0 aromatic heterocycles. The lowest BCUT2D eigenvalue weighted by Gasteiger charge is -2.12. The minimum Gasteiger partial charge on any atom is -0.490 e. The predicted molar refractivity (Wildman–Crippen MR) is 104 cm³/mol. The maximum Gasteiger partial charge on any atom is 0.269 e. The highest BCUT2D eigenvalue weighted by Crippen LogP contribution is 2.29. The van der Waals surface area contributed by atoms with Crippen molar-refractivity contribution in [3.05, 3.63) is 69.8 Å². The molecule has 6 nitrogen and oxygen atoms in total. The number of ketones is 1. The van der Waals surface area contributed by atoms with Crippen LogP contribution >= 0.6 is 0 Å². The molecule has 0 aliphatic carbocycles. The number of allylic oxidation sites excluding steroid dienone is 1. The average molecular weight is 369 g/mol. The minimum atomic E-state index is -0.497. The van der Waals surface area contributed by atoms with Gasteiger partial charge in [-0.15, -0.1) is 0 Å². The summed E-state index contributed by atoms with van der Waals surface area (Å²) >= 11 is 0. The molecule has 2 aromatic carbocycles. The highest BCUT2D eigenvalue weighted by Gasteiger charge is 2.08. The van der Waals surface area contributed by atoms with Gasteiger partial charge in [-0.05, 0) is 49.2 Å². The molecule has 0 heterocycles. The second-order valence-electron chi connectivity index (χ2n) is 5.84. The van der Waals surface area contributed by atoms with Crippen LogP contribution in [0.25, 0.3) is 6.08 Å². The molecule has 0 bridgehead atoms. The number of ether oxygens (including phenoxy) is 2. The van der Waals surface area contributed by atoms with E-state index < -0.39 is 4.92 Å². The van der Waals surface area contributed by atoms with E-state index in [4.69, 9.17) is 9.47 Å². The number of benzene rings is 2. The van der Waals surface area contributed by atoms with Gasteiger partial charge in [0.1, 0.15) is 0 Å². The van der Waals surface area contributed by atoms with Gasteiger partial charge in [0, 0.05) is 17.7 Å². The topological polar surface area (TPSA) is 78.7 Å². The lowest BCUT2D eigenvalue weighted by molar-refractivity contribution is -0.384. The molecule has 0 amide bonds. The van der Waals surface area contributed by atoms with E-state index >= 15 is 0 Å². The van der Waals surface area contributed by atoms with E-state index in [1.54, 1.807) is 6.08 Å². The van der Waals surface area contributed by atoms with E-state index in [-0.39, 0.29) is 11.5 Å². The summed E-state index contributed by atoms with van der Waals surface area (Å²) in [7, 11) is 0. The molecule has 2 rings (SSSR count). The van der Waals surface area contributed by atoms with Crippen LogP contribution < -0.4 is 9.47 Å². The van der Waals surface area contributed by atoms with Crippen LogP contribution in [0.1, 0.15) is 42.6 Å². The van der Waals surface area contributed by atoms with Crippen LogP contribution in [-0.4, -0.2) is 23.9 Å². The smallest absolute Gasteiger partial charge is 0.269 e. The summed E-state index contributed by atoms with van der Waals surface area (Å²) in [6, 6.07) is 11.0. The van der Waals surface area contributed by atoms with Crippen molar-refractivity contribution in [3.63, 3.8) is 0 Å². The summed E-state index contributed by atoms with van der Waals surface area (Å²) in [4.78, 5) is 22.4. The quantitative estimate of drug-likeness (QED) is 0.192. The van der Waals surface area contributed by atoms with Gasteiger partial charge in [0.05, 0.1) is 18.1 Å². The summed E-state index contributed by atoms with van der Waals surface area (Å²) in [6.45, 7) is 5.14. The summed E-state index contributed by atoms with van der Waals surface area (Å²) in [5, 5.41) is 10.7. The van der Waals surface area contributed by atoms with E-state index in [0.717, 1.165) is 18.4 Å². The zero-order valence-electron chi connectivity index (χ0n) is 15.5. The molecule has 0 saturated carbocycles. The first kappa shape index (κ1) is 20.2. The van der Waals surface area contributed by atoms with Crippen LogP contribution in [0.5, 0.6) is 11.5 Å². The van der Waals surface area contributed by atoms with Crippen molar-refractivity contribution in [2.45, 2.75) is 26.7 Å². The van der Waals surface area contributed by atoms with E-state index in [1.807, 2.05) is 25.1 Å². The standard InChI is InChI=1S/C21H23NO5/c1-3-5-14-27-20-13-7-16(15-21(20)26-4-2)6-12-19(23)17-8-10-18(11-9-17)22(24)25/h6-13,15H,3-5,14H2,1-2H3/b12-6+. The fourth-order valence-corrected chi connectivity index (χ4v) is 2.36. The molecule has 2 aromatic rings. The SMILES string of the molecule is CCCCOc1ccc(/C=C/C(=O)c2ccc([N+](=O)[O-])cc2)cc1OCC. The molecule has 0 N–H and O–H groups in total. The fourth-order valence-electron chi connectivity index (χ4n) is 2.36. The molecule has 27 heavy (non-hydrogen) atoms. The maximum absolute atomic E-state index is 12.2. The summed E-state index contributed by atoms with van der Waals surface area (Å²) < 4.78 is 11.4. The fraction of sp³-hybridized carbons (Fsp3) is 0.286. The number of carbonyl (C=O) groups is 1. The third-order valence-corrected chi connectivity index (χ3v) is 3.81. The Balaban J connectivity index is 2.11. The van der Waals surface area contributed by atoms with Crippen LogP contribution in [0.15, 0.2) is 48.5 Å². The van der Waals surface area contributed by atoms with Crippen molar-refractivity contribution >= 4 is 17.5 Å². The number of hydrogen-bond acceptors (Lipinski definition) is 5. The molecular weight excluding hydrogens is 346 g/mol. The zero-order valence-corrected chi connectivity index (χ0v) is 15.5. The van der Waals surface area contributed by atoms with E-state index in [2.05, 4.69) is 6.92 Å². The summed E-state index contributed by atoms with van der Waals surface area (Å²) in [5.41, 5.74) is 1.15. The largest absolute Gasteiger partial charge is 0.490 e. The van der Waals surface area contributed by atoms with Crippen molar-refractivity contribution in [2.75, 3.05) is 13.2 Å². The summed E-state index contributed by atoms with van der Waals surface area (Å²) in [5.74, 6) is 1.09. The first-order valence-electron chi connectivity index (χ1n) is 8.91. The van der Waals surface area contributed by atoms with Crippen molar-refractivity contribution in [2.24, 2.45) is 0 Å². The van der Waals surface area contributed by atoms with Crippen LogP contribution in [0, 0.1) is 10.1 Å². The second kappa shape index (κ2) is 10.1. The number of nitrogens with zero attached hydrogens (tertiary/aromatic N) is 1. The molecule has 0 spiro atoms. The Bertz CT molecular complexity index is 812. The van der Waals surface area contributed by atoms with Gasteiger partial charge in [-0.2, -0.15) is 0 Å². The average Bonchev–Trinajstić information content (AvgIpc) is 2.68. The molecule has 0 radical (unpaired) electrons. The number of rotatable bonds is 10. The number of nitro groups is 1. The first-order chi connectivity index (χ1) is 13.0. The third kappa shape index (κ3) is 5.95. The van der Waals surface area contributed by atoms with Gasteiger partial charge >= 0.3 is 0 Å². The Morgan fingerprint density at radius 3 is 2.44 bits per heavy atom. The van der Waals surface area contributed by atoms with Crippen LogP contribution in [0.4, 0.5) is 5.69 Å². The van der Waals surface area contributed by atoms with E-state index in [0.29, 0.717) is 30.3 Å². The van der Waals surface area contributed by atoms with Gasteiger partial charge in [-0.1, -0.05) is 25.5 Å². The lowest BCUT2D eigenvalue weighted by Crippen LogP contribution is -2.01. The maximum atomic E-state index is 12.2. The molecule has 0 aliphatic rings. The van der Waals surface area contributed by atoms with Gasteiger partial charge in [0.15, 0.2) is 17.3 Å². The normalized spacial score (nSPS) is 10.7. The molecule has 0 saturated heterocycles. The van der Waals surface area contributed by atoms with Gasteiger partial charge in [0.2, 0.25) is 0 Å². The Hall–Kier alpha value is -3.15. The van der Waals surface area contributed by atoms with Crippen LogP contribution in [0.3, 0.4) is 0 Å². The lowest BCUT2D eigenvalue weighted by atomic mass is 10.1. The van der Waals surface area contributed by atoms with Crippen LogP contribution in [-0.2, 0) is 0 Å². The van der Waals surface area contributed by atoms with Gasteiger partial charge in [-0.3, -0.25) is 14.9 Å². The Labute approximate surface area is 158 Å². The molecule has 0 aliphatic heterocycles. The Morgan fingerprint density at radius 1 is 1.07 bits per heavy atom. The minimum absolute atomic E-state index is 0.0458. The third-order valence-electron chi connectivity index (χ3n) is 3.81. The second-order valence-corrected chi connectivity index (χ2v) is 5.84. The van der Waals surface area contributed by atoms with E-state index in [9.17, 15) is 14.9 Å². The van der Waals surface area contributed by atoms with Crippen LogP contribution in [0.2, 0.25) is 0 Å². The molecule has 0 unspecified atom stereocenters. The highest BCUT2D eigenvalue weighted by atomic mass is 16.6. The molecule has 142 valence electrons. The summed E-state index contributed by atoms with van der Waals surface area (Å²) in [6.07, 6.45) is 5.14. The number of non-ortho nitro benzene ring substituents is 1. The van der Waals surface area contributed by atoms with Crippen molar-refractivity contribution < 1.29 is 19.2 Å². The highest BCUT2D eigenvalue weighted by molar-refractivity contribution is 6.06. The number of carbonyl (C=O) groups excluding carboxylic acids is 1. The Morgan fingerprint density at radius 2 is 1.81 bits per heavy atom. The molecule has 0 atom stereocenters. The number of hydrogen-bond donors (Lipinski definition) is 0. The zero-order chi connectivity index (χ0) is 19.6. The van der Waals surface area contributed by atoms with Gasteiger partial charge in [0.25, 0.3) is 5.69 Å². The van der Waals surface area contributed by atoms with E-state index in [1.165, 1.54) is 30.3 Å². The molecule has 0 fully saturated rings. The first-order valence-corrected chi connectivity index (χ1v) is 8.91. The van der Waals surface area contributed by atoms with Gasteiger partial charge < -0.3 is 9.47 Å². The number of nitro benzene ring substituents is 1. The number of unbranched alkanes of at least 4 members (excludes halogenated alkanes) is 1. The molecule has 6 heteroatoms.